The van der Waals surface area contributed by atoms with Crippen molar-refractivity contribution in [2.75, 3.05) is 16.8 Å². The van der Waals surface area contributed by atoms with Gasteiger partial charge in [-0.3, -0.25) is 4.79 Å². The Kier molecular flexibility index (Phi) is 5.31. The second kappa shape index (κ2) is 7.81. The van der Waals surface area contributed by atoms with Gasteiger partial charge in [-0.15, -0.1) is 0 Å². The fourth-order valence-corrected chi connectivity index (χ4v) is 2.73. The molecule has 2 aromatic rings. The van der Waals surface area contributed by atoms with Gasteiger partial charge < -0.3 is 20.3 Å². The summed E-state index contributed by atoms with van der Waals surface area (Å²) in [5.41, 5.74) is 1.21. The third kappa shape index (κ3) is 4.47. The number of benzene rings is 2. The van der Waals surface area contributed by atoms with Crippen molar-refractivity contribution in [3.8, 4) is 5.75 Å². The molecule has 0 aromatic heterocycles. The Bertz CT molecular complexity index is 769. The molecule has 0 radical (unpaired) electrons. The maximum Gasteiger partial charge on any atom is 0.387 e. The number of nitrogens with one attached hydrogen (secondary N) is 2. The number of rotatable bonds is 5. The summed E-state index contributed by atoms with van der Waals surface area (Å²) in [5, 5.41) is 5.34. The van der Waals surface area contributed by atoms with Crippen LogP contribution < -0.4 is 20.3 Å². The second-order valence-electron chi connectivity index (χ2n) is 5.74. The summed E-state index contributed by atoms with van der Waals surface area (Å²) in [5.74, 6) is -0.0548. The van der Waals surface area contributed by atoms with E-state index < -0.39 is 12.6 Å². The molecule has 1 heterocycles. The molecular formula is C18H17F2N3O3. The van der Waals surface area contributed by atoms with E-state index in [1.54, 1.807) is 4.90 Å². The van der Waals surface area contributed by atoms with Crippen LogP contribution in [0.3, 0.4) is 0 Å². The van der Waals surface area contributed by atoms with Gasteiger partial charge in [0, 0.05) is 24.3 Å². The minimum Gasteiger partial charge on any atom is -0.435 e. The summed E-state index contributed by atoms with van der Waals surface area (Å²) in [6.45, 7) is -2.51. The predicted octanol–water partition coefficient (Wildman–Crippen LogP) is 3.22. The lowest BCUT2D eigenvalue weighted by molar-refractivity contribution is -0.117. The molecule has 0 spiro atoms. The molecule has 8 heteroatoms. The van der Waals surface area contributed by atoms with Gasteiger partial charge in [0.15, 0.2) is 0 Å². The van der Waals surface area contributed by atoms with Gasteiger partial charge in [0.2, 0.25) is 5.91 Å². The zero-order chi connectivity index (χ0) is 18.5. The minimum atomic E-state index is -2.90. The number of hydrogen-bond acceptors (Lipinski definition) is 3. The van der Waals surface area contributed by atoms with Crippen LogP contribution in [-0.2, 0) is 4.79 Å². The number of ether oxygens (including phenoxy) is 1. The molecule has 2 aromatic carbocycles. The van der Waals surface area contributed by atoms with Gasteiger partial charge in [-0.1, -0.05) is 18.2 Å². The molecule has 136 valence electrons. The summed E-state index contributed by atoms with van der Waals surface area (Å²) >= 11 is 0. The number of carbonyl (C=O) groups is 2. The number of urea groups is 1. The lowest BCUT2D eigenvalue weighted by Gasteiger charge is -2.17. The minimum absolute atomic E-state index is 0.00542. The molecule has 1 aliphatic rings. The summed E-state index contributed by atoms with van der Waals surface area (Å²) < 4.78 is 28.5. The third-order valence-corrected chi connectivity index (χ3v) is 3.87. The van der Waals surface area contributed by atoms with E-state index in [0.717, 1.165) is 5.69 Å². The molecule has 26 heavy (non-hydrogen) atoms. The fraction of sp³-hybridized carbons (Fsp3) is 0.222. The summed E-state index contributed by atoms with van der Waals surface area (Å²) in [6, 6.07) is 14.0. The van der Waals surface area contributed by atoms with Crippen LogP contribution in [0.15, 0.2) is 54.6 Å². The van der Waals surface area contributed by atoms with Gasteiger partial charge in [0.05, 0.1) is 6.04 Å². The van der Waals surface area contributed by atoms with Crippen LogP contribution in [0.25, 0.3) is 0 Å². The maximum atomic E-state index is 12.1. The van der Waals surface area contributed by atoms with E-state index in [4.69, 9.17) is 0 Å². The van der Waals surface area contributed by atoms with E-state index in [0.29, 0.717) is 12.2 Å². The quantitative estimate of drug-likeness (QED) is 0.859. The lowest BCUT2D eigenvalue weighted by Crippen LogP contribution is -2.39. The molecule has 2 N–H and O–H groups in total. The van der Waals surface area contributed by atoms with Crippen LogP contribution in [0.1, 0.15) is 6.42 Å². The van der Waals surface area contributed by atoms with Crippen LogP contribution in [0.4, 0.5) is 25.0 Å². The van der Waals surface area contributed by atoms with Crippen LogP contribution in [0, 0.1) is 0 Å². The molecule has 6 nitrogen and oxygen atoms in total. The normalized spacial score (nSPS) is 16.7. The van der Waals surface area contributed by atoms with Crippen molar-refractivity contribution in [1.29, 1.82) is 0 Å². The number of halogens is 2. The molecule has 0 aliphatic carbocycles. The largest absolute Gasteiger partial charge is 0.435 e. The molecule has 1 aliphatic heterocycles. The standard InChI is InChI=1S/C18H17F2N3O3/c19-17(20)26-15-8-6-12(7-9-15)21-18(25)22-13-10-16(24)23(11-13)14-4-2-1-3-5-14/h1-9,13,17H,10-11H2,(H2,21,22,25)/t13-/m1/s1. The molecule has 1 fully saturated rings. The highest BCUT2D eigenvalue weighted by molar-refractivity contribution is 5.97. The van der Waals surface area contributed by atoms with Crippen molar-refractivity contribution in [3.05, 3.63) is 54.6 Å². The van der Waals surface area contributed by atoms with Crippen molar-refractivity contribution in [1.82, 2.24) is 5.32 Å². The summed E-state index contributed by atoms with van der Waals surface area (Å²) in [7, 11) is 0. The van der Waals surface area contributed by atoms with Gasteiger partial charge in [-0.2, -0.15) is 8.78 Å². The van der Waals surface area contributed by atoms with E-state index in [2.05, 4.69) is 15.4 Å². The number of anilines is 2. The molecule has 0 saturated carbocycles. The van der Waals surface area contributed by atoms with Crippen LogP contribution in [0.5, 0.6) is 5.75 Å². The molecular weight excluding hydrogens is 344 g/mol. The Morgan fingerprint density at radius 3 is 2.46 bits per heavy atom. The highest BCUT2D eigenvalue weighted by Gasteiger charge is 2.31. The van der Waals surface area contributed by atoms with Crippen LogP contribution >= 0.6 is 0 Å². The summed E-state index contributed by atoms with van der Waals surface area (Å²) in [6.07, 6.45) is 0.212. The predicted molar refractivity (Wildman–Crippen MR) is 92.4 cm³/mol. The number of nitrogens with zero attached hydrogens (tertiary/aromatic N) is 1. The van der Waals surface area contributed by atoms with E-state index in [1.165, 1.54) is 24.3 Å². The van der Waals surface area contributed by atoms with Gasteiger partial charge in [-0.25, -0.2) is 4.79 Å². The van der Waals surface area contributed by atoms with Crippen molar-refractivity contribution in [3.63, 3.8) is 0 Å². The first-order chi connectivity index (χ1) is 12.5. The smallest absolute Gasteiger partial charge is 0.387 e. The molecule has 0 bridgehead atoms. The van der Waals surface area contributed by atoms with Crippen molar-refractivity contribution in [2.24, 2.45) is 0 Å². The first-order valence-corrected chi connectivity index (χ1v) is 7.99. The Labute approximate surface area is 148 Å². The average Bonchev–Trinajstić information content (AvgIpc) is 2.97. The van der Waals surface area contributed by atoms with Gasteiger partial charge in [0.25, 0.3) is 0 Å². The van der Waals surface area contributed by atoms with Gasteiger partial charge in [0.1, 0.15) is 5.75 Å². The average molecular weight is 361 g/mol. The highest BCUT2D eigenvalue weighted by atomic mass is 19.3. The number of para-hydroxylation sites is 1. The first kappa shape index (κ1) is 17.7. The van der Waals surface area contributed by atoms with Crippen molar-refractivity contribution >= 4 is 23.3 Å². The second-order valence-corrected chi connectivity index (χ2v) is 5.74. The Morgan fingerprint density at radius 2 is 1.81 bits per heavy atom. The number of amides is 3. The Hall–Kier alpha value is -3.16. The van der Waals surface area contributed by atoms with Gasteiger partial charge in [-0.05, 0) is 36.4 Å². The number of alkyl halides is 2. The Balaban J connectivity index is 1.53. The number of hydrogen-bond donors (Lipinski definition) is 2. The zero-order valence-corrected chi connectivity index (χ0v) is 13.7. The van der Waals surface area contributed by atoms with E-state index in [1.807, 2.05) is 30.3 Å². The van der Waals surface area contributed by atoms with Crippen molar-refractivity contribution < 1.29 is 23.1 Å². The lowest BCUT2D eigenvalue weighted by atomic mass is 10.2. The third-order valence-electron chi connectivity index (χ3n) is 3.87. The van der Waals surface area contributed by atoms with E-state index >= 15 is 0 Å². The van der Waals surface area contributed by atoms with Crippen LogP contribution in [-0.4, -0.2) is 31.1 Å². The fourth-order valence-electron chi connectivity index (χ4n) is 2.73. The van der Waals surface area contributed by atoms with Gasteiger partial charge >= 0.3 is 12.6 Å². The monoisotopic (exact) mass is 361 g/mol. The molecule has 0 unspecified atom stereocenters. The molecule has 3 rings (SSSR count). The maximum absolute atomic E-state index is 12.1. The van der Waals surface area contributed by atoms with E-state index in [-0.39, 0.29) is 24.1 Å². The highest BCUT2D eigenvalue weighted by Crippen LogP contribution is 2.21. The zero-order valence-electron chi connectivity index (χ0n) is 13.7. The molecule has 1 atom stereocenters. The van der Waals surface area contributed by atoms with E-state index in [9.17, 15) is 18.4 Å². The topological polar surface area (TPSA) is 70.7 Å². The number of carbonyl (C=O) groups excluding carboxylic acids is 2. The van der Waals surface area contributed by atoms with Crippen LogP contribution in [0.2, 0.25) is 0 Å². The molecule has 1 saturated heterocycles. The first-order valence-electron chi connectivity index (χ1n) is 7.99. The summed E-state index contributed by atoms with van der Waals surface area (Å²) in [4.78, 5) is 25.8. The van der Waals surface area contributed by atoms with Crippen molar-refractivity contribution in [2.45, 2.75) is 19.1 Å². The SMILES string of the molecule is O=C(Nc1ccc(OC(F)F)cc1)N[C@@H]1CC(=O)N(c2ccccc2)C1. The molecule has 3 amide bonds. The Morgan fingerprint density at radius 1 is 1.12 bits per heavy atom.